The van der Waals surface area contributed by atoms with Crippen molar-refractivity contribution >= 4 is 17.3 Å². The minimum Gasteiger partial charge on any atom is -0.466 e. The molecule has 0 fully saturated rings. The van der Waals surface area contributed by atoms with Crippen LogP contribution < -0.4 is 11.1 Å². The van der Waals surface area contributed by atoms with Gasteiger partial charge in [0, 0.05) is 16.9 Å². The summed E-state index contributed by atoms with van der Waals surface area (Å²) in [5, 5.41) is 2.91. The minimum atomic E-state index is -0.164. The Hall–Kier alpha value is -2.23. The standard InChI is InChI=1S/C16H20N2O2/c1-8-6-9(2)14(7-13(8)17)18-16(19)15-10(3)11(4)20-12(15)5/h6-7H,17H2,1-5H3,(H,18,19). The zero-order valence-electron chi connectivity index (χ0n) is 12.5. The summed E-state index contributed by atoms with van der Waals surface area (Å²) in [6.07, 6.45) is 0. The van der Waals surface area contributed by atoms with Crippen molar-refractivity contribution in [2.45, 2.75) is 34.6 Å². The van der Waals surface area contributed by atoms with Crippen molar-refractivity contribution in [1.82, 2.24) is 0 Å². The van der Waals surface area contributed by atoms with E-state index in [9.17, 15) is 4.79 Å². The number of hydrogen-bond donors (Lipinski definition) is 2. The van der Waals surface area contributed by atoms with Crippen LogP contribution in [0.2, 0.25) is 0 Å². The van der Waals surface area contributed by atoms with Crippen molar-refractivity contribution in [3.63, 3.8) is 0 Å². The number of rotatable bonds is 2. The molecule has 0 saturated heterocycles. The molecule has 4 nitrogen and oxygen atoms in total. The van der Waals surface area contributed by atoms with Crippen LogP contribution in [-0.4, -0.2) is 5.91 Å². The number of nitrogen functional groups attached to an aromatic ring is 1. The van der Waals surface area contributed by atoms with Crippen LogP contribution in [0.25, 0.3) is 0 Å². The zero-order valence-corrected chi connectivity index (χ0v) is 12.5. The number of carbonyl (C=O) groups is 1. The maximum atomic E-state index is 12.4. The fourth-order valence-electron chi connectivity index (χ4n) is 2.32. The molecule has 0 saturated carbocycles. The first kappa shape index (κ1) is 14.2. The quantitative estimate of drug-likeness (QED) is 0.820. The second kappa shape index (κ2) is 5.04. The van der Waals surface area contributed by atoms with Gasteiger partial charge in [-0.25, -0.2) is 0 Å². The molecule has 4 heteroatoms. The average molecular weight is 272 g/mol. The number of amides is 1. The third-order valence-electron chi connectivity index (χ3n) is 3.65. The SMILES string of the molecule is Cc1cc(C)c(NC(=O)c2c(C)oc(C)c2C)cc1N. The van der Waals surface area contributed by atoms with Crippen LogP contribution in [0.5, 0.6) is 0 Å². The molecule has 106 valence electrons. The van der Waals surface area contributed by atoms with Gasteiger partial charge in [-0.05, 0) is 51.8 Å². The molecule has 0 aliphatic heterocycles. The molecule has 0 aliphatic carbocycles. The maximum Gasteiger partial charge on any atom is 0.259 e. The van der Waals surface area contributed by atoms with Gasteiger partial charge in [0.25, 0.3) is 5.91 Å². The van der Waals surface area contributed by atoms with Crippen LogP contribution in [0.15, 0.2) is 16.5 Å². The van der Waals surface area contributed by atoms with Gasteiger partial charge in [0.15, 0.2) is 0 Å². The molecule has 0 bridgehead atoms. The van der Waals surface area contributed by atoms with Crippen molar-refractivity contribution in [2.75, 3.05) is 11.1 Å². The molecule has 0 unspecified atom stereocenters. The molecular formula is C16H20N2O2. The Morgan fingerprint density at radius 2 is 1.70 bits per heavy atom. The molecule has 1 aromatic heterocycles. The number of furan rings is 1. The van der Waals surface area contributed by atoms with Gasteiger partial charge in [0.05, 0.1) is 5.56 Å². The summed E-state index contributed by atoms with van der Waals surface area (Å²) >= 11 is 0. The van der Waals surface area contributed by atoms with E-state index in [4.69, 9.17) is 10.2 Å². The van der Waals surface area contributed by atoms with Crippen molar-refractivity contribution in [1.29, 1.82) is 0 Å². The van der Waals surface area contributed by atoms with E-state index in [0.29, 0.717) is 17.0 Å². The highest BCUT2D eigenvalue weighted by atomic mass is 16.3. The predicted molar refractivity (Wildman–Crippen MR) is 81.2 cm³/mol. The lowest BCUT2D eigenvalue weighted by Gasteiger charge is -2.11. The lowest BCUT2D eigenvalue weighted by atomic mass is 10.1. The fourth-order valence-corrected chi connectivity index (χ4v) is 2.32. The second-order valence-electron chi connectivity index (χ2n) is 5.19. The van der Waals surface area contributed by atoms with Crippen LogP contribution in [-0.2, 0) is 0 Å². The van der Waals surface area contributed by atoms with Gasteiger partial charge < -0.3 is 15.5 Å². The van der Waals surface area contributed by atoms with Crippen LogP contribution in [0.4, 0.5) is 11.4 Å². The van der Waals surface area contributed by atoms with E-state index in [1.165, 1.54) is 0 Å². The summed E-state index contributed by atoms with van der Waals surface area (Å²) in [7, 11) is 0. The number of hydrogen-bond acceptors (Lipinski definition) is 3. The van der Waals surface area contributed by atoms with Gasteiger partial charge in [0.2, 0.25) is 0 Å². The summed E-state index contributed by atoms with van der Waals surface area (Å²) in [4.78, 5) is 12.4. The van der Waals surface area contributed by atoms with Crippen molar-refractivity contribution in [2.24, 2.45) is 0 Å². The van der Waals surface area contributed by atoms with Gasteiger partial charge in [-0.2, -0.15) is 0 Å². The number of nitrogens with one attached hydrogen (secondary N) is 1. The fraction of sp³-hybridized carbons (Fsp3) is 0.312. The normalized spacial score (nSPS) is 10.7. The van der Waals surface area contributed by atoms with Crippen LogP contribution >= 0.6 is 0 Å². The highest BCUT2D eigenvalue weighted by Crippen LogP contribution is 2.25. The molecule has 3 N–H and O–H groups in total. The van der Waals surface area contributed by atoms with Gasteiger partial charge in [-0.15, -0.1) is 0 Å². The summed E-state index contributed by atoms with van der Waals surface area (Å²) in [6, 6.07) is 3.76. The van der Waals surface area contributed by atoms with Crippen LogP contribution in [0, 0.1) is 34.6 Å². The Balaban J connectivity index is 2.35. The number of nitrogens with two attached hydrogens (primary N) is 1. The Labute approximate surface area is 119 Å². The molecule has 0 aliphatic rings. The summed E-state index contributed by atoms with van der Waals surface area (Å²) in [6.45, 7) is 9.43. The van der Waals surface area contributed by atoms with Gasteiger partial charge in [-0.1, -0.05) is 6.07 Å². The Morgan fingerprint density at radius 1 is 1.05 bits per heavy atom. The molecule has 1 amide bonds. The summed E-state index contributed by atoms with van der Waals surface area (Å²) < 4.78 is 5.49. The minimum absolute atomic E-state index is 0.164. The summed E-state index contributed by atoms with van der Waals surface area (Å²) in [5.41, 5.74) is 10.8. The van der Waals surface area contributed by atoms with E-state index in [1.54, 1.807) is 13.0 Å². The number of aryl methyl sites for hydroxylation is 4. The third-order valence-corrected chi connectivity index (χ3v) is 3.65. The highest BCUT2D eigenvalue weighted by Gasteiger charge is 2.19. The Morgan fingerprint density at radius 3 is 2.25 bits per heavy atom. The second-order valence-corrected chi connectivity index (χ2v) is 5.19. The van der Waals surface area contributed by atoms with E-state index >= 15 is 0 Å². The van der Waals surface area contributed by atoms with Crippen LogP contribution in [0.1, 0.15) is 38.6 Å². The largest absolute Gasteiger partial charge is 0.466 e. The molecule has 2 rings (SSSR count). The van der Waals surface area contributed by atoms with Gasteiger partial charge in [0.1, 0.15) is 11.5 Å². The molecule has 20 heavy (non-hydrogen) atoms. The van der Waals surface area contributed by atoms with E-state index in [1.807, 2.05) is 33.8 Å². The Kier molecular flexibility index (Phi) is 3.57. The summed E-state index contributed by atoms with van der Waals surface area (Å²) in [5.74, 6) is 1.24. The van der Waals surface area contributed by atoms with Crippen molar-refractivity contribution in [3.8, 4) is 0 Å². The van der Waals surface area contributed by atoms with Crippen LogP contribution in [0.3, 0.4) is 0 Å². The molecule has 1 aromatic carbocycles. The van der Waals surface area contributed by atoms with Gasteiger partial charge >= 0.3 is 0 Å². The molecule has 0 spiro atoms. The lowest BCUT2D eigenvalue weighted by Crippen LogP contribution is -2.14. The van der Waals surface area contributed by atoms with Crippen molar-refractivity contribution in [3.05, 3.63) is 45.9 Å². The smallest absolute Gasteiger partial charge is 0.259 e. The van der Waals surface area contributed by atoms with Gasteiger partial charge in [-0.3, -0.25) is 4.79 Å². The Bertz CT molecular complexity index is 684. The molecular weight excluding hydrogens is 252 g/mol. The lowest BCUT2D eigenvalue weighted by molar-refractivity contribution is 0.102. The topological polar surface area (TPSA) is 68.3 Å². The first-order valence-electron chi connectivity index (χ1n) is 6.56. The predicted octanol–water partition coefficient (Wildman–Crippen LogP) is 3.66. The number of anilines is 2. The highest BCUT2D eigenvalue weighted by molar-refractivity contribution is 6.06. The van der Waals surface area contributed by atoms with E-state index in [2.05, 4.69) is 5.32 Å². The first-order chi connectivity index (χ1) is 9.31. The molecule has 0 atom stereocenters. The third kappa shape index (κ3) is 2.41. The number of benzene rings is 1. The number of carbonyl (C=O) groups excluding carboxylic acids is 1. The van der Waals surface area contributed by atoms with E-state index in [-0.39, 0.29) is 5.91 Å². The first-order valence-corrected chi connectivity index (χ1v) is 6.56. The van der Waals surface area contributed by atoms with E-state index < -0.39 is 0 Å². The maximum absolute atomic E-state index is 12.4. The molecule has 1 heterocycles. The monoisotopic (exact) mass is 272 g/mol. The zero-order chi connectivity index (χ0) is 15.0. The average Bonchev–Trinajstić information content (AvgIpc) is 2.60. The van der Waals surface area contributed by atoms with E-state index in [0.717, 1.165) is 28.1 Å². The molecule has 2 aromatic rings. The molecule has 0 radical (unpaired) electrons. The van der Waals surface area contributed by atoms with Crippen molar-refractivity contribution < 1.29 is 9.21 Å².